The predicted molar refractivity (Wildman–Crippen MR) is 101 cm³/mol. The van der Waals surface area contributed by atoms with Gasteiger partial charge in [0.1, 0.15) is 12.6 Å². The Morgan fingerprint density at radius 2 is 1.53 bits per heavy atom. The Morgan fingerprint density at radius 1 is 0.969 bits per heavy atom. The highest BCUT2D eigenvalue weighted by Gasteiger charge is 2.28. The summed E-state index contributed by atoms with van der Waals surface area (Å²) in [7, 11) is 0. The number of aliphatic carboxylic acids is 1. The molecule has 0 spiro atoms. The first-order valence-electron chi connectivity index (χ1n) is 8.88. The second-order valence-corrected chi connectivity index (χ2v) is 6.50. The van der Waals surface area contributed by atoms with Gasteiger partial charge < -0.3 is 20.5 Å². The standard InChI is InChI=1S/C20H16F4N2O6/c1-9-2-4-10(5-3-9)25-19(30)20(31)26-13(7-15(28)29)14(27)8-32-18-16(23)11(21)6-12(22)17(18)24/h2-6,13H,7-8H2,1H3,(H,25,30)(H,26,31)(H,28,29)/t13-/m0/s1. The van der Waals surface area contributed by atoms with E-state index in [1.54, 1.807) is 19.1 Å². The Morgan fingerprint density at radius 3 is 2.06 bits per heavy atom. The van der Waals surface area contributed by atoms with Gasteiger partial charge in [0.05, 0.1) is 6.42 Å². The summed E-state index contributed by atoms with van der Waals surface area (Å²) in [6.45, 7) is 0.535. The lowest BCUT2D eigenvalue weighted by Crippen LogP contribution is -2.48. The Bertz CT molecular complexity index is 1030. The number of carbonyl (C=O) groups excluding carboxylic acids is 3. The molecule has 1 atom stereocenters. The predicted octanol–water partition coefficient (Wildman–Crippen LogP) is 2.10. The lowest BCUT2D eigenvalue weighted by molar-refractivity contribution is -0.142. The van der Waals surface area contributed by atoms with Gasteiger partial charge in [0.25, 0.3) is 0 Å². The number of ether oxygens (including phenoxy) is 1. The number of benzene rings is 2. The smallest absolute Gasteiger partial charge is 0.313 e. The Hall–Kier alpha value is -3.96. The van der Waals surface area contributed by atoms with Crippen LogP contribution in [0.1, 0.15) is 12.0 Å². The minimum Gasteiger partial charge on any atom is -0.481 e. The van der Waals surface area contributed by atoms with Gasteiger partial charge >= 0.3 is 17.8 Å². The summed E-state index contributed by atoms with van der Waals surface area (Å²) in [5.74, 6) is -14.3. The molecular formula is C20H16F4N2O6. The number of rotatable bonds is 8. The second-order valence-electron chi connectivity index (χ2n) is 6.50. The van der Waals surface area contributed by atoms with Gasteiger partial charge in [0.15, 0.2) is 23.2 Å². The minimum atomic E-state index is -1.91. The van der Waals surface area contributed by atoms with Crippen molar-refractivity contribution in [1.29, 1.82) is 0 Å². The van der Waals surface area contributed by atoms with Gasteiger partial charge in [-0.15, -0.1) is 0 Å². The fourth-order valence-electron chi connectivity index (χ4n) is 2.39. The molecule has 3 N–H and O–H groups in total. The summed E-state index contributed by atoms with van der Waals surface area (Å²) in [6.07, 6.45) is -1.01. The third-order valence-corrected chi connectivity index (χ3v) is 4.02. The first-order chi connectivity index (χ1) is 15.0. The summed E-state index contributed by atoms with van der Waals surface area (Å²) in [4.78, 5) is 47.3. The molecule has 170 valence electrons. The molecule has 0 fully saturated rings. The van der Waals surface area contributed by atoms with E-state index in [9.17, 15) is 36.7 Å². The quantitative estimate of drug-likeness (QED) is 0.318. The highest BCUT2D eigenvalue weighted by Crippen LogP contribution is 2.26. The zero-order chi connectivity index (χ0) is 24.0. The Labute approximate surface area is 178 Å². The number of carboxylic acid groups (broad SMARTS) is 1. The van der Waals surface area contributed by atoms with Gasteiger partial charge in [0.2, 0.25) is 11.6 Å². The van der Waals surface area contributed by atoms with E-state index < -0.39 is 71.7 Å². The molecule has 32 heavy (non-hydrogen) atoms. The lowest BCUT2D eigenvalue weighted by atomic mass is 10.1. The van der Waals surface area contributed by atoms with E-state index >= 15 is 0 Å². The number of aryl methyl sites for hydroxylation is 1. The normalized spacial score (nSPS) is 11.4. The molecule has 2 rings (SSSR count). The van der Waals surface area contributed by atoms with Crippen LogP contribution in [0.15, 0.2) is 30.3 Å². The third-order valence-electron chi connectivity index (χ3n) is 4.02. The van der Waals surface area contributed by atoms with E-state index in [2.05, 4.69) is 10.1 Å². The molecular weight excluding hydrogens is 440 g/mol. The Kier molecular flexibility index (Phi) is 7.88. The van der Waals surface area contributed by atoms with Crippen LogP contribution in [-0.4, -0.2) is 41.3 Å². The molecule has 0 unspecified atom stereocenters. The number of carbonyl (C=O) groups is 4. The highest BCUT2D eigenvalue weighted by molar-refractivity contribution is 6.40. The number of Topliss-reactive ketones (excluding diaryl/α,β-unsaturated/α-hetero) is 1. The van der Waals surface area contributed by atoms with Crippen LogP contribution >= 0.6 is 0 Å². The zero-order valence-corrected chi connectivity index (χ0v) is 16.4. The maximum Gasteiger partial charge on any atom is 0.313 e. The largest absolute Gasteiger partial charge is 0.481 e. The summed E-state index contributed by atoms with van der Waals surface area (Å²) in [6, 6.07) is 4.38. The number of nitrogens with one attached hydrogen (secondary N) is 2. The van der Waals surface area contributed by atoms with Crippen LogP contribution in [0.2, 0.25) is 0 Å². The molecule has 0 radical (unpaired) electrons. The van der Waals surface area contributed by atoms with Gasteiger partial charge in [-0.25, -0.2) is 8.78 Å². The number of hydrogen-bond acceptors (Lipinski definition) is 5. The van der Waals surface area contributed by atoms with E-state index in [1.165, 1.54) is 12.1 Å². The minimum absolute atomic E-state index is 0.0700. The van der Waals surface area contributed by atoms with E-state index in [0.717, 1.165) is 5.56 Å². The van der Waals surface area contributed by atoms with Crippen molar-refractivity contribution >= 4 is 29.3 Å². The van der Waals surface area contributed by atoms with Crippen molar-refractivity contribution < 1.29 is 46.6 Å². The molecule has 0 aromatic heterocycles. The maximum atomic E-state index is 13.6. The summed E-state index contributed by atoms with van der Waals surface area (Å²) in [5, 5.41) is 13.0. The molecule has 0 saturated carbocycles. The monoisotopic (exact) mass is 456 g/mol. The number of hydrogen-bond donors (Lipinski definition) is 3. The molecule has 12 heteroatoms. The number of anilines is 1. The Balaban J connectivity index is 2.08. The fourth-order valence-corrected chi connectivity index (χ4v) is 2.39. The molecule has 0 aliphatic heterocycles. The van der Waals surface area contributed by atoms with Crippen LogP contribution in [0.4, 0.5) is 23.2 Å². The lowest BCUT2D eigenvalue weighted by Gasteiger charge is -2.16. The van der Waals surface area contributed by atoms with Crippen LogP contribution in [-0.2, 0) is 19.2 Å². The van der Waals surface area contributed by atoms with Gasteiger partial charge in [0, 0.05) is 11.8 Å². The summed E-state index contributed by atoms with van der Waals surface area (Å²) < 4.78 is 58.1. The molecule has 0 heterocycles. The van der Waals surface area contributed by atoms with E-state index in [-0.39, 0.29) is 11.8 Å². The van der Waals surface area contributed by atoms with Gasteiger partial charge in [-0.2, -0.15) is 8.78 Å². The SMILES string of the molecule is Cc1ccc(NC(=O)C(=O)N[C@@H](CC(=O)O)C(=O)COc2c(F)c(F)cc(F)c2F)cc1. The number of amides is 2. The molecule has 0 aliphatic carbocycles. The molecule has 0 aliphatic rings. The van der Waals surface area contributed by atoms with Crippen molar-refractivity contribution in [2.45, 2.75) is 19.4 Å². The molecule has 0 bridgehead atoms. The zero-order valence-electron chi connectivity index (χ0n) is 16.4. The molecule has 0 saturated heterocycles. The van der Waals surface area contributed by atoms with Gasteiger partial charge in [-0.05, 0) is 19.1 Å². The average Bonchev–Trinajstić information content (AvgIpc) is 2.72. The number of halogens is 4. The van der Waals surface area contributed by atoms with Gasteiger partial charge in [-0.1, -0.05) is 17.7 Å². The summed E-state index contributed by atoms with van der Waals surface area (Å²) in [5.41, 5.74) is 1.13. The van der Waals surface area contributed by atoms with Crippen molar-refractivity contribution in [2.75, 3.05) is 11.9 Å². The molecule has 2 amide bonds. The van der Waals surface area contributed by atoms with Crippen molar-refractivity contribution in [3.63, 3.8) is 0 Å². The van der Waals surface area contributed by atoms with Crippen LogP contribution in [0, 0.1) is 30.2 Å². The van der Waals surface area contributed by atoms with Gasteiger partial charge in [-0.3, -0.25) is 19.2 Å². The fraction of sp³-hybridized carbons (Fsp3) is 0.200. The van der Waals surface area contributed by atoms with Crippen LogP contribution in [0.3, 0.4) is 0 Å². The van der Waals surface area contributed by atoms with E-state index in [4.69, 9.17) is 5.11 Å². The topological polar surface area (TPSA) is 122 Å². The maximum absolute atomic E-state index is 13.6. The first kappa shape index (κ1) is 24.3. The molecule has 8 nitrogen and oxygen atoms in total. The van der Waals surface area contributed by atoms with E-state index in [1.807, 2.05) is 5.32 Å². The van der Waals surface area contributed by atoms with Crippen molar-refractivity contribution in [2.24, 2.45) is 0 Å². The first-order valence-corrected chi connectivity index (χ1v) is 8.88. The van der Waals surface area contributed by atoms with Crippen LogP contribution in [0.5, 0.6) is 5.75 Å². The van der Waals surface area contributed by atoms with Crippen molar-refractivity contribution in [1.82, 2.24) is 5.32 Å². The molecule has 2 aromatic carbocycles. The average molecular weight is 456 g/mol. The summed E-state index contributed by atoms with van der Waals surface area (Å²) >= 11 is 0. The van der Waals surface area contributed by atoms with Crippen molar-refractivity contribution in [3.05, 3.63) is 59.2 Å². The van der Waals surface area contributed by atoms with Crippen LogP contribution < -0.4 is 15.4 Å². The van der Waals surface area contributed by atoms with E-state index in [0.29, 0.717) is 0 Å². The molecule has 2 aromatic rings. The van der Waals surface area contributed by atoms with Crippen LogP contribution in [0.25, 0.3) is 0 Å². The second kappa shape index (κ2) is 10.4. The van der Waals surface area contributed by atoms with Crippen molar-refractivity contribution in [3.8, 4) is 5.75 Å². The number of ketones is 1. The number of carboxylic acids is 1. The third kappa shape index (κ3) is 6.27. The highest BCUT2D eigenvalue weighted by atomic mass is 19.2.